The van der Waals surface area contributed by atoms with E-state index in [4.69, 9.17) is 0 Å². The summed E-state index contributed by atoms with van der Waals surface area (Å²) in [6.07, 6.45) is 11.8. The first-order valence-corrected chi connectivity index (χ1v) is 10.0. The number of rotatable bonds is 3. The van der Waals surface area contributed by atoms with Crippen LogP contribution >= 0.6 is 0 Å². The minimum atomic E-state index is 0.746. The minimum absolute atomic E-state index is 0.746. The third kappa shape index (κ3) is 3.21. The van der Waals surface area contributed by atoms with E-state index in [1.165, 1.54) is 71.1 Å². The molecule has 0 atom stereocenters. The van der Waals surface area contributed by atoms with Crippen LogP contribution in [0.2, 0.25) is 0 Å². The molecule has 0 aliphatic heterocycles. The first-order chi connectivity index (χ1) is 12.8. The largest absolute Gasteiger partial charge is 0.0808 e. The van der Waals surface area contributed by atoms with Crippen molar-refractivity contribution in [3.63, 3.8) is 0 Å². The van der Waals surface area contributed by atoms with E-state index in [0.29, 0.717) is 0 Å². The lowest BCUT2D eigenvalue weighted by molar-refractivity contribution is 0.419. The zero-order valence-electron chi connectivity index (χ0n) is 16.0. The van der Waals surface area contributed by atoms with Gasteiger partial charge >= 0.3 is 0 Å². The zero-order valence-corrected chi connectivity index (χ0v) is 16.0. The van der Waals surface area contributed by atoms with Crippen molar-refractivity contribution in [2.75, 3.05) is 0 Å². The van der Waals surface area contributed by atoms with Crippen LogP contribution in [0.5, 0.6) is 0 Å². The molecule has 2 aliphatic rings. The third-order valence-electron chi connectivity index (χ3n) is 5.75. The Labute approximate surface area is 158 Å². The molecule has 0 heteroatoms. The first-order valence-electron chi connectivity index (χ1n) is 10.0. The second-order valence-corrected chi connectivity index (χ2v) is 7.83. The smallest absolute Gasteiger partial charge is 0.00265 e. The molecule has 2 aliphatic carbocycles. The summed E-state index contributed by atoms with van der Waals surface area (Å²) < 4.78 is 0. The molecule has 0 N–H and O–H groups in total. The van der Waals surface area contributed by atoms with Crippen LogP contribution in [-0.2, 0) is 0 Å². The van der Waals surface area contributed by atoms with Crippen LogP contribution in [0.4, 0.5) is 0 Å². The van der Waals surface area contributed by atoms with Crippen molar-refractivity contribution in [3.8, 4) is 0 Å². The monoisotopic (exact) mass is 340 g/mol. The van der Waals surface area contributed by atoms with Crippen LogP contribution in [0.15, 0.2) is 77.9 Å². The number of hydrogen-bond donors (Lipinski definition) is 0. The van der Waals surface area contributed by atoms with Crippen molar-refractivity contribution < 1.29 is 0 Å². The van der Waals surface area contributed by atoms with Crippen molar-refractivity contribution >= 4 is 11.1 Å². The van der Waals surface area contributed by atoms with Gasteiger partial charge in [0.15, 0.2) is 0 Å². The van der Waals surface area contributed by atoms with Crippen LogP contribution in [0, 0.1) is 5.92 Å². The lowest BCUT2D eigenvalue weighted by Crippen LogP contribution is -2.02. The Morgan fingerprint density at radius 1 is 0.808 bits per heavy atom. The third-order valence-corrected chi connectivity index (χ3v) is 5.75. The molecule has 0 radical (unpaired) electrons. The Bertz CT molecular complexity index is 867. The van der Waals surface area contributed by atoms with E-state index in [9.17, 15) is 0 Å². The van der Waals surface area contributed by atoms with Crippen molar-refractivity contribution in [1.29, 1.82) is 0 Å². The second-order valence-electron chi connectivity index (χ2n) is 7.83. The van der Waals surface area contributed by atoms with Crippen molar-refractivity contribution in [3.05, 3.63) is 94.6 Å². The van der Waals surface area contributed by atoms with Gasteiger partial charge < -0.3 is 0 Å². The van der Waals surface area contributed by atoms with Gasteiger partial charge in [0.2, 0.25) is 0 Å². The van der Waals surface area contributed by atoms with Crippen LogP contribution in [0.3, 0.4) is 0 Å². The normalized spacial score (nSPS) is 17.8. The molecule has 1 saturated carbocycles. The van der Waals surface area contributed by atoms with Gasteiger partial charge in [0.25, 0.3) is 0 Å². The Morgan fingerprint density at radius 2 is 1.46 bits per heavy atom. The highest BCUT2D eigenvalue weighted by atomic mass is 14.3. The predicted molar refractivity (Wildman–Crippen MR) is 113 cm³/mol. The molecule has 0 spiro atoms. The molecule has 0 heterocycles. The minimum Gasteiger partial charge on any atom is -0.0808 e. The Balaban J connectivity index is 1.87. The van der Waals surface area contributed by atoms with E-state index in [1.54, 1.807) is 0 Å². The molecule has 132 valence electrons. The molecule has 4 rings (SSSR count). The average molecular weight is 341 g/mol. The van der Waals surface area contributed by atoms with Crippen molar-refractivity contribution in [2.24, 2.45) is 5.92 Å². The average Bonchev–Trinajstić information content (AvgIpc) is 3.02. The Kier molecular flexibility index (Phi) is 4.93. The number of allylic oxidation sites excluding steroid dienone is 5. The summed E-state index contributed by atoms with van der Waals surface area (Å²) in [7, 11) is 0. The molecule has 2 aromatic rings. The molecule has 2 aromatic carbocycles. The fraction of sp³-hybridized carbons (Fsp3) is 0.308. The summed E-state index contributed by atoms with van der Waals surface area (Å²) in [5, 5.41) is 0. The van der Waals surface area contributed by atoms with Crippen LogP contribution in [0.25, 0.3) is 11.1 Å². The Morgan fingerprint density at radius 3 is 2.15 bits per heavy atom. The SMILES string of the molecule is CC(C)=C1C(/C=C/C2CCCCC2)=C(c2ccccc2)c2ccccc21. The maximum absolute atomic E-state index is 2.49. The van der Waals surface area contributed by atoms with Crippen LogP contribution in [-0.4, -0.2) is 0 Å². The van der Waals surface area contributed by atoms with Gasteiger partial charge in [-0.15, -0.1) is 0 Å². The molecule has 0 aromatic heterocycles. The van der Waals surface area contributed by atoms with Gasteiger partial charge in [-0.25, -0.2) is 0 Å². The van der Waals surface area contributed by atoms with Gasteiger partial charge in [0.05, 0.1) is 0 Å². The molecular weight excluding hydrogens is 312 g/mol. The fourth-order valence-corrected chi connectivity index (χ4v) is 4.51. The van der Waals surface area contributed by atoms with Crippen LogP contribution < -0.4 is 0 Å². The summed E-state index contributed by atoms with van der Waals surface area (Å²) in [5.74, 6) is 0.746. The van der Waals surface area contributed by atoms with Gasteiger partial charge in [-0.3, -0.25) is 0 Å². The summed E-state index contributed by atoms with van der Waals surface area (Å²) in [6, 6.07) is 19.8. The molecule has 0 bridgehead atoms. The van der Waals surface area contributed by atoms with E-state index < -0.39 is 0 Å². The maximum Gasteiger partial charge on any atom is -0.00265 e. The summed E-state index contributed by atoms with van der Waals surface area (Å²) >= 11 is 0. The van der Waals surface area contributed by atoms with Gasteiger partial charge in [0.1, 0.15) is 0 Å². The van der Waals surface area contributed by atoms with Gasteiger partial charge in [0, 0.05) is 0 Å². The molecule has 1 fully saturated rings. The second kappa shape index (κ2) is 7.50. The lowest BCUT2D eigenvalue weighted by Gasteiger charge is -2.18. The molecule has 0 amide bonds. The summed E-state index contributed by atoms with van der Waals surface area (Å²) in [6.45, 7) is 4.49. The highest BCUT2D eigenvalue weighted by molar-refractivity contribution is 6.07. The van der Waals surface area contributed by atoms with Crippen LogP contribution in [0.1, 0.15) is 62.6 Å². The standard InChI is InChI=1S/C26H28/c1-19(2)25-22-15-9-10-16-23(22)26(21-13-7-4-8-14-21)24(25)18-17-20-11-5-3-6-12-20/h4,7-10,13-18,20H,3,5-6,11-12H2,1-2H3/b18-17+. The van der Waals surface area contributed by atoms with E-state index >= 15 is 0 Å². The molecular formula is C26H28. The van der Waals surface area contributed by atoms with E-state index in [-0.39, 0.29) is 0 Å². The van der Waals surface area contributed by atoms with Gasteiger partial charge in [-0.05, 0) is 66.0 Å². The lowest BCUT2D eigenvalue weighted by atomic mass is 9.87. The van der Waals surface area contributed by atoms with Crippen molar-refractivity contribution in [2.45, 2.75) is 46.0 Å². The first kappa shape index (κ1) is 17.1. The highest BCUT2D eigenvalue weighted by Gasteiger charge is 2.26. The van der Waals surface area contributed by atoms with Crippen molar-refractivity contribution in [1.82, 2.24) is 0 Å². The summed E-state index contributed by atoms with van der Waals surface area (Å²) in [4.78, 5) is 0. The van der Waals surface area contributed by atoms with Gasteiger partial charge in [-0.2, -0.15) is 0 Å². The molecule has 26 heavy (non-hydrogen) atoms. The summed E-state index contributed by atoms with van der Waals surface area (Å²) in [5.41, 5.74) is 9.69. The fourth-order valence-electron chi connectivity index (χ4n) is 4.51. The maximum atomic E-state index is 2.49. The molecule has 0 saturated heterocycles. The zero-order chi connectivity index (χ0) is 17.9. The topological polar surface area (TPSA) is 0 Å². The number of fused-ring (bicyclic) bond motifs is 1. The quantitative estimate of drug-likeness (QED) is 0.545. The Hall–Kier alpha value is -2.34. The number of benzene rings is 2. The van der Waals surface area contributed by atoms with E-state index in [2.05, 4.69) is 80.6 Å². The number of hydrogen-bond acceptors (Lipinski definition) is 0. The molecule has 0 nitrogen and oxygen atoms in total. The van der Waals surface area contributed by atoms with E-state index in [0.717, 1.165) is 5.92 Å². The molecule has 0 unspecified atom stereocenters. The highest BCUT2D eigenvalue weighted by Crippen LogP contribution is 2.46. The van der Waals surface area contributed by atoms with Gasteiger partial charge in [-0.1, -0.05) is 91.6 Å². The predicted octanol–water partition coefficient (Wildman–Crippen LogP) is 7.43. The van der Waals surface area contributed by atoms with E-state index in [1.807, 2.05) is 0 Å².